The SMILES string of the molecule is C=CC(=O)OCOc1ccc(COc2ccc(C(=O)c3ccc(OCOC(=O)C=C)cc3)cc2C(F)(F)F)cc1. The van der Waals surface area contributed by atoms with Gasteiger partial charge in [-0.15, -0.1) is 0 Å². The van der Waals surface area contributed by atoms with E-state index in [0.717, 1.165) is 24.3 Å². The van der Waals surface area contributed by atoms with Crippen LogP contribution in [0.25, 0.3) is 0 Å². The summed E-state index contributed by atoms with van der Waals surface area (Å²) in [5, 5.41) is 0. The van der Waals surface area contributed by atoms with Crippen molar-refractivity contribution in [3.05, 3.63) is 114 Å². The first kappa shape index (κ1) is 29.5. The molecule has 0 heterocycles. The minimum absolute atomic E-state index is 0.124. The van der Waals surface area contributed by atoms with Gasteiger partial charge in [0, 0.05) is 23.3 Å². The van der Waals surface area contributed by atoms with Crippen molar-refractivity contribution >= 4 is 17.7 Å². The Morgan fingerprint density at radius 2 is 1.20 bits per heavy atom. The van der Waals surface area contributed by atoms with Crippen LogP contribution >= 0.6 is 0 Å². The first-order valence-electron chi connectivity index (χ1n) is 11.5. The number of ketones is 1. The van der Waals surface area contributed by atoms with E-state index in [2.05, 4.69) is 17.9 Å². The molecule has 40 heavy (non-hydrogen) atoms. The lowest BCUT2D eigenvalue weighted by atomic mass is 10.0. The molecule has 0 aliphatic heterocycles. The molecule has 8 nitrogen and oxygen atoms in total. The molecule has 0 unspecified atom stereocenters. The minimum Gasteiger partial charge on any atom is -0.488 e. The number of benzene rings is 3. The zero-order valence-corrected chi connectivity index (χ0v) is 20.9. The summed E-state index contributed by atoms with van der Waals surface area (Å²) in [5.41, 5.74) is -0.623. The maximum absolute atomic E-state index is 13.8. The molecular formula is C29H23F3O8. The van der Waals surface area contributed by atoms with Gasteiger partial charge in [0.1, 0.15) is 23.9 Å². The van der Waals surface area contributed by atoms with Crippen LogP contribution in [0.15, 0.2) is 92.0 Å². The lowest BCUT2D eigenvalue weighted by Gasteiger charge is -2.15. The summed E-state index contributed by atoms with van der Waals surface area (Å²) in [4.78, 5) is 34.9. The predicted molar refractivity (Wildman–Crippen MR) is 136 cm³/mol. The maximum atomic E-state index is 13.8. The van der Waals surface area contributed by atoms with E-state index in [4.69, 9.17) is 18.9 Å². The van der Waals surface area contributed by atoms with Crippen LogP contribution in [0.3, 0.4) is 0 Å². The fourth-order valence-electron chi connectivity index (χ4n) is 3.16. The fraction of sp³-hybridized carbons (Fsp3) is 0.138. The Balaban J connectivity index is 1.66. The van der Waals surface area contributed by atoms with Gasteiger partial charge in [0.05, 0.1) is 5.56 Å². The molecule has 11 heteroatoms. The highest BCUT2D eigenvalue weighted by molar-refractivity contribution is 6.09. The molecule has 0 aromatic heterocycles. The number of carbonyl (C=O) groups excluding carboxylic acids is 3. The zero-order chi connectivity index (χ0) is 29.1. The van der Waals surface area contributed by atoms with E-state index in [1.807, 2.05) is 0 Å². The highest BCUT2D eigenvalue weighted by Gasteiger charge is 2.35. The molecule has 0 N–H and O–H groups in total. The Bertz CT molecular complexity index is 1360. The molecule has 208 valence electrons. The van der Waals surface area contributed by atoms with Crippen molar-refractivity contribution in [1.29, 1.82) is 0 Å². The molecular weight excluding hydrogens is 533 g/mol. The molecule has 0 radical (unpaired) electrons. The second-order valence-corrected chi connectivity index (χ2v) is 7.85. The first-order chi connectivity index (χ1) is 19.1. The Hall–Kier alpha value is -5.06. The van der Waals surface area contributed by atoms with Gasteiger partial charge in [-0.2, -0.15) is 13.2 Å². The standard InChI is InChI=1S/C29H23F3O8/c1-3-26(33)39-17-37-22-10-5-19(6-11-22)16-36-25-14-9-21(15-24(25)29(30,31)32)28(35)20-7-12-23(13-8-20)38-18-40-27(34)4-2/h3-15H,1-2,16-18H2. The van der Waals surface area contributed by atoms with Gasteiger partial charge in [-0.25, -0.2) is 9.59 Å². The summed E-state index contributed by atoms with van der Waals surface area (Å²) in [6, 6.07) is 14.9. The highest BCUT2D eigenvalue weighted by atomic mass is 19.4. The van der Waals surface area contributed by atoms with Crippen LogP contribution in [-0.2, 0) is 31.8 Å². The van der Waals surface area contributed by atoms with Gasteiger partial charge in [-0.1, -0.05) is 25.3 Å². The van der Waals surface area contributed by atoms with Crippen LogP contribution in [0.2, 0.25) is 0 Å². The molecule has 0 atom stereocenters. The molecule has 0 fully saturated rings. The van der Waals surface area contributed by atoms with Gasteiger partial charge in [0.15, 0.2) is 5.78 Å². The van der Waals surface area contributed by atoms with Crippen molar-refractivity contribution in [2.24, 2.45) is 0 Å². The second-order valence-electron chi connectivity index (χ2n) is 7.85. The molecule has 3 aromatic rings. The predicted octanol–water partition coefficient (Wildman–Crippen LogP) is 5.65. The molecule has 0 aliphatic rings. The van der Waals surface area contributed by atoms with Crippen molar-refractivity contribution in [3.8, 4) is 17.2 Å². The smallest absolute Gasteiger partial charge is 0.419 e. The van der Waals surface area contributed by atoms with E-state index in [1.165, 1.54) is 42.5 Å². The monoisotopic (exact) mass is 556 g/mol. The molecule has 3 aromatic carbocycles. The third-order valence-corrected chi connectivity index (χ3v) is 5.17. The quantitative estimate of drug-likeness (QED) is 0.115. The van der Waals surface area contributed by atoms with Crippen LogP contribution < -0.4 is 14.2 Å². The fourth-order valence-corrected chi connectivity index (χ4v) is 3.16. The number of halogens is 3. The highest BCUT2D eigenvalue weighted by Crippen LogP contribution is 2.37. The van der Waals surface area contributed by atoms with E-state index < -0.39 is 35.2 Å². The lowest BCUT2D eigenvalue weighted by Crippen LogP contribution is -2.11. The second kappa shape index (κ2) is 13.7. The Kier molecular flexibility index (Phi) is 10.1. The van der Waals surface area contributed by atoms with Crippen molar-refractivity contribution in [2.45, 2.75) is 12.8 Å². The summed E-state index contributed by atoms with van der Waals surface area (Å²) in [6.07, 6.45) is -2.82. The van der Waals surface area contributed by atoms with Crippen LogP contribution in [0.5, 0.6) is 17.2 Å². The molecule has 3 rings (SSSR count). The van der Waals surface area contributed by atoms with E-state index in [1.54, 1.807) is 12.1 Å². The number of carbonyl (C=O) groups is 3. The summed E-state index contributed by atoms with van der Waals surface area (Å²) in [6.45, 7) is 5.62. The molecule has 0 saturated heterocycles. The van der Waals surface area contributed by atoms with E-state index in [9.17, 15) is 27.6 Å². The van der Waals surface area contributed by atoms with Gasteiger partial charge in [0.2, 0.25) is 13.6 Å². The zero-order valence-electron chi connectivity index (χ0n) is 20.9. The Labute approximate surface area is 227 Å². The van der Waals surface area contributed by atoms with E-state index in [0.29, 0.717) is 11.3 Å². The summed E-state index contributed by atoms with van der Waals surface area (Å²) >= 11 is 0. The molecule has 0 saturated carbocycles. The average Bonchev–Trinajstić information content (AvgIpc) is 2.96. The molecule has 0 aliphatic carbocycles. The molecule has 0 bridgehead atoms. The van der Waals surface area contributed by atoms with Gasteiger partial charge in [0.25, 0.3) is 0 Å². The van der Waals surface area contributed by atoms with Gasteiger partial charge in [-0.3, -0.25) is 4.79 Å². The third-order valence-electron chi connectivity index (χ3n) is 5.17. The van der Waals surface area contributed by atoms with Crippen LogP contribution in [0, 0.1) is 0 Å². The van der Waals surface area contributed by atoms with Gasteiger partial charge in [-0.05, 0) is 60.2 Å². The molecule has 0 amide bonds. The van der Waals surface area contributed by atoms with Crippen molar-refractivity contribution < 1.29 is 51.2 Å². The lowest BCUT2D eigenvalue weighted by molar-refractivity contribution is -0.145. The van der Waals surface area contributed by atoms with E-state index >= 15 is 0 Å². The van der Waals surface area contributed by atoms with E-state index in [-0.39, 0.29) is 37.1 Å². The van der Waals surface area contributed by atoms with Crippen molar-refractivity contribution in [2.75, 3.05) is 13.6 Å². The van der Waals surface area contributed by atoms with Crippen LogP contribution in [0.1, 0.15) is 27.0 Å². The summed E-state index contributed by atoms with van der Waals surface area (Å²) in [5.74, 6) is -1.76. The van der Waals surface area contributed by atoms with Crippen LogP contribution in [0.4, 0.5) is 13.2 Å². The van der Waals surface area contributed by atoms with Crippen LogP contribution in [-0.4, -0.2) is 31.3 Å². The summed E-state index contributed by atoms with van der Waals surface area (Å²) < 4.78 is 66.7. The largest absolute Gasteiger partial charge is 0.488 e. The van der Waals surface area contributed by atoms with Crippen molar-refractivity contribution in [1.82, 2.24) is 0 Å². The summed E-state index contributed by atoms with van der Waals surface area (Å²) in [7, 11) is 0. The number of hydrogen-bond donors (Lipinski definition) is 0. The minimum atomic E-state index is -4.78. The number of alkyl halides is 3. The van der Waals surface area contributed by atoms with Gasteiger partial charge < -0.3 is 23.7 Å². The first-order valence-corrected chi connectivity index (χ1v) is 11.5. The number of hydrogen-bond acceptors (Lipinski definition) is 8. The Morgan fingerprint density at radius 3 is 1.70 bits per heavy atom. The van der Waals surface area contributed by atoms with Gasteiger partial charge >= 0.3 is 18.1 Å². The topological polar surface area (TPSA) is 97.4 Å². The number of ether oxygens (including phenoxy) is 5. The normalized spacial score (nSPS) is 10.7. The molecule has 0 spiro atoms. The number of rotatable bonds is 13. The third kappa shape index (κ3) is 8.48. The van der Waals surface area contributed by atoms with Crippen molar-refractivity contribution in [3.63, 3.8) is 0 Å². The number of esters is 2. The maximum Gasteiger partial charge on any atom is 0.419 e. The average molecular weight is 556 g/mol. The Morgan fingerprint density at radius 1 is 0.700 bits per heavy atom.